The second-order valence-corrected chi connectivity index (χ2v) is 3.34. The highest BCUT2D eigenvalue weighted by Gasteiger charge is 1.90. The molecule has 0 aromatic carbocycles. The Balaban J connectivity index is 3.03. The number of unbranched alkanes of at least 4 members (excludes halogenated alkanes) is 3. The minimum atomic E-state index is 1.11. The molecule has 0 heterocycles. The molecule has 0 spiro atoms. The van der Waals surface area contributed by atoms with E-state index < -0.39 is 0 Å². The average Bonchev–Trinajstić information content (AvgIpc) is 2.05. The average molecular weight is 169 g/mol. The van der Waals surface area contributed by atoms with Gasteiger partial charge >= 0.3 is 0 Å². The summed E-state index contributed by atoms with van der Waals surface area (Å²) >= 11 is 0. The predicted octanol–water partition coefficient (Wildman–Crippen LogP) is 3.47. The molecule has 0 saturated heterocycles. The first-order chi connectivity index (χ1) is 5.81. The standard InChI is InChI=1S/C11H23N/c1-4-6-7-8-10-12-11(3)9-5-2/h12H,3-10H2,1-2H3. The van der Waals surface area contributed by atoms with Gasteiger partial charge in [-0.25, -0.2) is 0 Å². The molecule has 0 saturated carbocycles. The monoisotopic (exact) mass is 169 g/mol. The van der Waals surface area contributed by atoms with Gasteiger partial charge in [0.05, 0.1) is 0 Å². The molecule has 0 amide bonds. The third-order valence-electron chi connectivity index (χ3n) is 1.96. The second-order valence-electron chi connectivity index (χ2n) is 3.34. The van der Waals surface area contributed by atoms with Crippen LogP contribution in [-0.2, 0) is 0 Å². The summed E-state index contributed by atoms with van der Waals surface area (Å²) in [5, 5.41) is 3.35. The predicted molar refractivity (Wildman–Crippen MR) is 56.2 cm³/mol. The van der Waals surface area contributed by atoms with Gasteiger partial charge in [0.1, 0.15) is 0 Å². The molecular weight excluding hydrogens is 146 g/mol. The van der Waals surface area contributed by atoms with E-state index in [2.05, 4.69) is 25.7 Å². The van der Waals surface area contributed by atoms with Gasteiger partial charge in [-0.1, -0.05) is 46.1 Å². The van der Waals surface area contributed by atoms with Crippen molar-refractivity contribution in [3.05, 3.63) is 12.3 Å². The topological polar surface area (TPSA) is 12.0 Å². The van der Waals surface area contributed by atoms with Crippen LogP contribution in [0.2, 0.25) is 0 Å². The molecule has 0 atom stereocenters. The van der Waals surface area contributed by atoms with E-state index in [9.17, 15) is 0 Å². The van der Waals surface area contributed by atoms with Crippen LogP contribution in [0.4, 0.5) is 0 Å². The molecule has 72 valence electrons. The quantitative estimate of drug-likeness (QED) is 0.549. The van der Waals surface area contributed by atoms with E-state index in [-0.39, 0.29) is 0 Å². The van der Waals surface area contributed by atoms with E-state index >= 15 is 0 Å². The lowest BCUT2D eigenvalue weighted by Crippen LogP contribution is -2.13. The lowest BCUT2D eigenvalue weighted by atomic mass is 10.2. The van der Waals surface area contributed by atoms with Crippen LogP contribution in [0.1, 0.15) is 52.4 Å². The fraction of sp³-hybridized carbons (Fsp3) is 0.818. The fourth-order valence-corrected chi connectivity index (χ4v) is 1.21. The van der Waals surface area contributed by atoms with E-state index in [1.54, 1.807) is 0 Å². The van der Waals surface area contributed by atoms with Gasteiger partial charge in [0, 0.05) is 12.2 Å². The van der Waals surface area contributed by atoms with E-state index in [0.29, 0.717) is 0 Å². The molecule has 0 fully saturated rings. The number of hydrogen-bond donors (Lipinski definition) is 1. The van der Waals surface area contributed by atoms with Gasteiger partial charge < -0.3 is 5.32 Å². The lowest BCUT2D eigenvalue weighted by Gasteiger charge is -2.07. The molecule has 0 aliphatic heterocycles. The van der Waals surface area contributed by atoms with Gasteiger partial charge in [0.15, 0.2) is 0 Å². The Morgan fingerprint density at radius 1 is 1.08 bits per heavy atom. The molecular formula is C11H23N. The maximum atomic E-state index is 3.95. The second kappa shape index (κ2) is 8.63. The number of nitrogens with one attached hydrogen (secondary N) is 1. The Morgan fingerprint density at radius 3 is 2.42 bits per heavy atom. The van der Waals surface area contributed by atoms with Crippen molar-refractivity contribution in [1.82, 2.24) is 5.32 Å². The van der Waals surface area contributed by atoms with Gasteiger partial charge in [-0.15, -0.1) is 0 Å². The first-order valence-corrected chi connectivity index (χ1v) is 5.22. The van der Waals surface area contributed by atoms with Gasteiger partial charge in [-0.05, 0) is 12.8 Å². The summed E-state index contributed by atoms with van der Waals surface area (Å²) in [6.07, 6.45) is 7.63. The van der Waals surface area contributed by atoms with Crippen molar-refractivity contribution in [1.29, 1.82) is 0 Å². The van der Waals surface area contributed by atoms with Crippen LogP contribution >= 0.6 is 0 Å². The molecule has 0 bridgehead atoms. The minimum absolute atomic E-state index is 1.11. The molecule has 0 radical (unpaired) electrons. The molecule has 0 aromatic rings. The van der Waals surface area contributed by atoms with Gasteiger partial charge in [-0.2, -0.15) is 0 Å². The molecule has 1 N–H and O–H groups in total. The largest absolute Gasteiger partial charge is 0.389 e. The summed E-state index contributed by atoms with van der Waals surface area (Å²) in [4.78, 5) is 0. The van der Waals surface area contributed by atoms with Crippen LogP contribution in [-0.4, -0.2) is 6.54 Å². The molecule has 1 heteroatoms. The van der Waals surface area contributed by atoms with Crippen LogP contribution in [0.5, 0.6) is 0 Å². The summed E-state index contributed by atoms with van der Waals surface area (Å²) in [6, 6.07) is 0. The molecule has 0 unspecified atom stereocenters. The van der Waals surface area contributed by atoms with Crippen molar-refractivity contribution in [3.63, 3.8) is 0 Å². The zero-order valence-electron chi connectivity index (χ0n) is 8.66. The highest BCUT2D eigenvalue weighted by Crippen LogP contribution is 2.00. The SMILES string of the molecule is C=C(CCC)NCCCCCC. The number of allylic oxidation sites excluding steroid dienone is 1. The van der Waals surface area contributed by atoms with Crippen molar-refractivity contribution >= 4 is 0 Å². The molecule has 0 rings (SSSR count). The lowest BCUT2D eigenvalue weighted by molar-refractivity contribution is 0.624. The van der Waals surface area contributed by atoms with E-state index in [1.165, 1.54) is 37.8 Å². The Bertz CT molecular complexity index is 108. The third kappa shape index (κ3) is 7.64. The van der Waals surface area contributed by atoms with Crippen LogP contribution < -0.4 is 5.32 Å². The minimum Gasteiger partial charge on any atom is -0.389 e. The van der Waals surface area contributed by atoms with Crippen molar-refractivity contribution in [2.75, 3.05) is 6.54 Å². The molecule has 1 nitrogen and oxygen atoms in total. The van der Waals surface area contributed by atoms with Crippen LogP contribution in [0, 0.1) is 0 Å². The summed E-state index contributed by atoms with van der Waals surface area (Å²) in [5.74, 6) is 0. The number of rotatable bonds is 8. The Morgan fingerprint density at radius 2 is 1.83 bits per heavy atom. The smallest absolute Gasteiger partial charge is 0.0143 e. The Kier molecular flexibility index (Phi) is 8.30. The highest BCUT2D eigenvalue weighted by atomic mass is 14.9. The van der Waals surface area contributed by atoms with E-state index in [0.717, 1.165) is 13.0 Å². The van der Waals surface area contributed by atoms with Gasteiger partial charge in [0.25, 0.3) is 0 Å². The zero-order valence-corrected chi connectivity index (χ0v) is 8.66. The van der Waals surface area contributed by atoms with Crippen LogP contribution in [0.15, 0.2) is 12.3 Å². The maximum absolute atomic E-state index is 3.95. The van der Waals surface area contributed by atoms with Crippen molar-refractivity contribution in [3.8, 4) is 0 Å². The Labute approximate surface area is 77.2 Å². The molecule has 0 aliphatic carbocycles. The van der Waals surface area contributed by atoms with Crippen molar-refractivity contribution < 1.29 is 0 Å². The van der Waals surface area contributed by atoms with Crippen molar-refractivity contribution in [2.45, 2.75) is 52.4 Å². The third-order valence-corrected chi connectivity index (χ3v) is 1.96. The summed E-state index contributed by atoms with van der Waals surface area (Å²) in [7, 11) is 0. The first kappa shape index (κ1) is 11.5. The fourth-order valence-electron chi connectivity index (χ4n) is 1.21. The summed E-state index contributed by atoms with van der Waals surface area (Å²) in [6.45, 7) is 9.49. The first-order valence-electron chi connectivity index (χ1n) is 5.22. The molecule has 0 aliphatic rings. The van der Waals surface area contributed by atoms with E-state index in [4.69, 9.17) is 0 Å². The zero-order chi connectivity index (χ0) is 9.23. The number of hydrogen-bond acceptors (Lipinski definition) is 1. The van der Waals surface area contributed by atoms with Crippen molar-refractivity contribution in [2.24, 2.45) is 0 Å². The maximum Gasteiger partial charge on any atom is 0.0143 e. The van der Waals surface area contributed by atoms with Gasteiger partial charge in [-0.3, -0.25) is 0 Å². The molecule has 12 heavy (non-hydrogen) atoms. The molecule has 0 aromatic heterocycles. The highest BCUT2D eigenvalue weighted by molar-refractivity contribution is 4.89. The summed E-state index contributed by atoms with van der Waals surface area (Å²) in [5.41, 5.74) is 1.20. The van der Waals surface area contributed by atoms with Gasteiger partial charge in [0.2, 0.25) is 0 Å². The van der Waals surface area contributed by atoms with Crippen LogP contribution in [0.25, 0.3) is 0 Å². The summed E-state index contributed by atoms with van der Waals surface area (Å²) < 4.78 is 0. The Hall–Kier alpha value is -0.460. The van der Waals surface area contributed by atoms with Crippen LogP contribution in [0.3, 0.4) is 0 Å². The normalized spacial score (nSPS) is 9.83. The van der Waals surface area contributed by atoms with E-state index in [1.807, 2.05) is 0 Å².